The Bertz CT molecular complexity index is 1160. The zero-order valence-corrected chi connectivity index (χ0v) is 18.5. The summed E-state index contributed by atoms with van der Waals surface area (Å²) in [6.45, 7) is 4.26. The Morgan fingerprint density at radius 3 is 2.24 bits per heavy atom. The number of nitrogens with one attached hydrogen (secondary N) is 1. The van der Waals surface area contributed by atoms with Crippen molar-refractivity contribution in [3.8, 4) is 24.0 Å². The Labute approximate surface area is 193 Å². The first-order valence-electron chi connectivity index (χ1n) is 10.9. The van der Waals surface area contributed by atoms with Gasteiger partial charge in [0.2, 0.25) is 17.1 Å². The van der Waals surface area contributed by atoms with E-state index in [0.29, 0.717) is 24.3 Å². The van der Waals surface area contributed by atoms with E-state index in [9.17, 15) is 15.8 Å². The number of fused-ring (bicyclic) bond motifs is 2. The Kier molecular flexibility index (Phi) is 5.58. The van der Waals surface area contributed by atoms with E-state index in [1.165, 1.54) is 0 Å². The topological polar surface area (TPSA) is 123 Å². The minimum Gasteiger partial charge on any atom is -0.494 e. The van der Waals surface area contributed by atoms with Crippen molar-refractivity contribution in [1.29, 1.82) is 21.2 Å². The van der Waals surface area contributed by atoms with Crippen LogP contribution < -0.4 is 4.74 Å². The normalized spacial score (nSPS) is 29.2. The molecule has 2 saturated heterocycles. The number of rotatable bonds is 6. The van der Waals surface area contributed by atoms with E-state index in [0.717, 1.165) is 12.0 Å². The van der Waals surface area contributed by atoms with Gasteiger partial charge in [0.15, 0.2) is 5.41 Å². The molecule has 0 amide bonds. The lowest BCUT2D eigenvalue weighted by Gasteiger charge is -2.48. The summed E-state index contributed by atoms with van der Waals surface area (Å²) < 4.78 is 17.8. The largest absolute Gasteiger partial charge is 0.494 e. The lowest BCUT2D eigenvalue weighted by atomic mass is 9.52. The monoisotopic (exact) mass is 440 g/mol. The number of nitriles is 3. The highest BCUT2D eigenvalue weighted by atomic mass is 16.7. The lowest BCUT2D eigenvalue weighted by Crippen LogP contribution is -2.59. The molecule has 4 atom stereocenters. The van der Waals surface area contributed by atoms with Crippen LogP contribution in [0.25, 0.3) is 0 Å². The van der Waals surface area contributed by atoms with Crippen molar-refractivity contribution in [1.82, 2.24) is 0 Å². The summed E-state index contributed by atoms with van der Waals surface area (Å²) in [5.41, 5.74) is -2.35. The third-order valence-corrected chi connectivity index (χ3v) is 6.65. The van der Waals surface area contributed by atoms with Crippen molar-refractivity contribution in [2.45, 2.75) is 38.6 Å². The van der Waals surface area contributed by atoms with Crippen LogP contribution in [0.4, 0.5) is 0 Å². The SMILES string of the molecule is CCCOc1ccc(C2OC3(C)OC(=N)C(C#N)(C3Cc3ccccc3)C2(C#N)C#N)cc1. The van der Waals surface area contributed by atoms with E-state index in [2.05, 4.69) is 18.2 Å². The highest BCUT2D eigenvalue weighted by Gasteiger charge is 2.79. The number of hydrogen-bond acceptors (Lipinski definition) is 7. The van der Waals surface area contributed by atoms with Crippen LogP contribution in [0.1, 0.15) is 37.5 Å². The van der Waals surface area contributed by atoms with Crippen molar-refractivity contribution in [3.63, 3.8) is 0 Å². The first kappa shape index (κ1) is 22.3. The molecule has 166 valence electrons. The van der Waals surface area contributed by atoms with Gasteiger partial charge in [-0.25, -0.2) is 0 Å². The molecule has 7 heteroatoms. The van der Waals surface area contributed by atoms with Crippen LogP contribution >= 0.6 is 0 Å². The summed E-state index contributed by atoms with van der Waals surface area (Å²) in [5, 5.41) is 39.8. The van der Waals surface area contributed by atoms with E-state index in [-0.39, 0.29) is 0 Å². The highest BCUT2D eigenvalue weighted by Crippen LogP contribution is 2.66. The zero-order valence-electron chi connectivity index (χ0n) is 18.5. The van der Waals surface area contributed by atoms with Crippen LogP contribution in [0.2, 0.25) is 0 Å². The fraction of sp³-hybridized carbons (Fsp3) is 0.385. The predicted molar refractivity (Wildman–Crippen MR) is 119 cm³/mol. The molecule has 0 saturated carbocycles. The second-order valence-corrected chi connectivity index (χ2v) is 8.56. The molecule has 2 aliphatic rings. The van der Waals surface area contributed by atoms with Crippen molar-refractivity contribution >= 4 is 5.90 Å². The first-order chi connectivity index (χ1) is 15.9. The second kappa shape index (κ2) is 8.24. The Morgan fingerprint density at radius 1 is 1.00 bits per heavy atom. The number of nitrogens with zero attached hydrogens (tertiary/aromatic N) is 3. The quantitative estimate of drug-likeness (QED) is 0.696. The molecule has 7 nitrogen and oxygen atoms in total. The smallest absolute Gasteiger partial charge is 0.215 e. The van der Waals surface area contributed by atoms with Gasteiger partial charge in [0, 0.05) is 6.92 Å². The van der Waals surface area contributed by atoms with Gasteiger partial charge in [-0.1, -0.05) is 49.4 Å². The molecule has 0 aromatic heterocycles. The zero-order chi connectivity index (χ0) is 23.7. The van der Waals surface area contributed by atoms with Crippen LogP contribution in [0, 0.1) is 56.2 Å². The molecule has 2 aromatic carbocycles. The highest BCUT2D eigenvalue weighted by molar-refractivity contribution is 5.89. The molecule has 0 aliphatic carbocycles. The summed E-state index contributed by atoms with van der Waals surface area (Å²) >= 11 is 0. The third kappa shape index (κ3) is 3.15. The van der Waals surface area contributed by atoms with Crippen LogP contribution in [0.5, 0.6) is 5.75 Å². The summed E-state index contributed by atoms with van der Waals surface area (Å²) in [7, 11) is 0. The Morgan fingerprint density at radius 2 is 1.67 bits per heavy atom. The van der Waals surface area contributed by atoms with Gasteiger partial charge >= 0.3 is 0 Å². The lowest BCUT2D eigenvalue weighted by molar-refractivity contribution is -0.272. The molecular weight excluding hydrogens is 416 g/mol. The van der Waals surface area contributed by atoms with Crippen LogP contribution in [0.15, 0.2) is 54.6 Å². The fourth-order valence-corrected chi connectivity index (χ4v) is 5.00. The maximum atomic E-state index is 10.5. The molecule has 2 aliphatic heterocycles. The molecule has 2 fully saturated rings. The summed E-state index contributed by atoms with van der Waals surface area (Å²) in [6.07, 6.45) is 0.0897. The molecule has 4 unspecified atom stereocenters. The van der Waals surface area contributed by atoms with Crippen molar-refractivity contribution in [3.05, 3.63) is 65.7 Å². The molecule has 2 heterocycles. The fourth-order valence-electron chi connectivity index (χ4n) is 5.00. The van der Waals surface area contributed by atoms with Gasteiger partial charge in [-0.3, -0.25) is 5.41 Å². The van der Waals surface area contributed by atoms with E-state index >= 15 is 0 Å². The van der Waals surface area contributed by atoms with Crippen LogP contribution in [-0.4, -0.2) is 18.3 Å². The summed E-state index contributed by atoms with van der Waals surface area (Å²) in [5.74, 6) is -1.83. The molecule has 4 rings (SSSR count). The molecule has 33 heavy (non-hydrogen) atoms. The average molecular weight is 441 g/mol. The molecule has 1 N–H and O–H groups in total. The van der Waals surface area contributed by atoms with Crippen molar-refractivity contribution in [2.75, 3.05) is 6.61 Å². The van der Waals surface area contributed by atoms with Gasteiger partial charge in [-0.15, -0.1) is 0 Å². The maximum Gasteiger partial charge on any atom is 0.215 e. The van der Waals surface area contributed by atoms with E-state index < -0.39 is 34.5 Å². The van der Waals surface area contributed by atoms with Gasteiger partial charge in [-0.05, 0) is 36.1 Å². The van der Waals surface area contributed by atoms with Gasteiger partial charge in [-0.2, -0.15) is 15.8 Å². The Balaban J connectivity index is 1.84. The van der Waals surface area contributed by atoms with E-state index in [1.807, 2.05) is 37.3 Å². The van der Waals surface area contributed by atoms with Crippen LogP contribution in [-0.2, 0) is 15.9 Å². The van der Waals surface area contributed by atoms with Gasteiger partial charge in [0.25, 0.3) is 0 Å². The second-order valence-electron chi connectivity index (χ2n) is 8.56. The number of hydrogen-bond donors (Lipinski definition) is 1. The number of ether oxygens (including phenoxy) is 3. The van der Waals surface area contributed by atoms with Gasteiger partial charge in [0.05, 0.1) is 30.7 Å². The van der Waals surface area contributed by atoms with Gasteiger partial charge in [0.1, 0.15) is 11.9 Å². The molecule has 2 aromatic rings. The average Bonchev–Trinajstić information content (AvgIpc) is 3.00. The maximum absolute atomic E-state index is 10.5. The standard InChI is InChI=1S/C26H24N4O3/c1-3-13-31-20-11-9-19(10-12-20)22-25(15-27,16-28)26(17-29)21(14-18-7-5-4-6-8-18)24(2,32-22)33-23(26)30/h4-12,21-22,30H,3,13-14H2,1-2H3. The van der Waals surface area contributed by atoms with Crippen molar-refractivity contribution < 1.29 is 14.2 Å². The van der Waals surface area contributed by atoms with E-state index in [1.54, 1.807) is 31.2 Å². The van der Waals surface area contributed by atoms with Crippen LogP contribution in [0.3, 0.4) is 0 Å². The molecule has 2 bridgehead atoms. The minimum atomic E-state index is -1.99. The first-order valence-corrected chi connectivity index (χ1v) is 10.9. The number of benzene rings is 2. The molecule has 0 spiro atoms. The molecule has 0 radical (unpaired) electrons. The van der Waals surface area contributed by atoms with Crippen molar-refractivity contribution in [2.24, 2.45) is 16.7 Å². The Hall–Kier alpha value is -3.86. The molecular formula is C26H24N4O3. The predicted octanol–water partition coefficient (Wildman–Crippen LogP) is 4.67. The van der Waals surface area contributed by atoms with E-state index in [4.69, 9.17) is 19.6 Å². The third-order valence-electron chi connectivity index (χ3n) is 6.65. The summed E-state index contributed by atoms with van der Waals surface area (Å²) in [6, 6.07) is 22.8. The van der Waals surface area contributed by atoms with Gasteiger partial charge < -0.3 is 14.2 Å². The summed E-state index contributed by atoms with van der Waals surface area (Å²) in [4.78, 5) is 0. The minimum absolute atomic E-state index is 0.314.